The third-order valence-corrected chi connectivity index (χ3v) is 7.12. The lowest BCUT2D eigenvalue weighted by Crippen LogP contribution is -3.17. The van der Waals surface area contributed by atoms with Gasteiger partial charge in [0.1, 0.15) is 5.75 Å². The Bertz CT molecular complexity index is 929. The SMILES string of the molecule is COc1ccc(CNC(=O)[C@H](C)[NH+]2CCC(c3nc4ccccc4s3)CC2)cc1. The highest BCUT2D eigenvalue weighted by Gasteiger charge is 2.31. The van der Waals surface area contributed by atoms with Crippen LogP contribution in [0.2, 0.25) is 0 Å². The fraction of sp³-hybridized carbons (Fsp3) is 0.391. The molecular weight excluding hydrogens is 382 g/mol. The average molecular weight is 411 g/mol. The summed E-state index contributed by atoms with van der Waals surface area (Å²) in [6, 6.07) is 16.1. The Morgan fingerprint density at radius 3 is 2.62 bits per heavy atom. The number of benzene rings is 2. The number of rotatable bonds is 6. The Labute approximate surface area is 175 Å². The van der Waals surface area contributed by atoms with Gasteiger partial charge < -0.3 is 15.0 Å². The Kier molecular flexibility index (Phi) is 6.11. The molecule has 2 heterocycles. The summed E-state index contributed by atoms with van der Waals surface area (Å²) in [4.78, 5) is 18.8. The molecule has 1 atom stereocenters. The summed E-state index contributed by atoms with van der Waals surface area (Å²) in [6.07, 6.45) is 2.18. The fourth-order valence-corrected chi connectivity index (χ4v) is 5.14. The smallest absolute Gasteiger partial charge is 0.278 e. The number of ether oxygens (including phenoxy) is 1. The number of thiazole rings is 1. The molecule has 0 bridgehead atoms. The number of nitrogens with zero attached hydrogens (tertiary/aromatic N) is 1. The van der Waals surface area contributed by atoms with Gasteiger partial charge in [0, 0.05) is 25.3 Å². The molecule has 6 heteroatoms. The maximum Gasteiger partial charge on any atom is 0.278 e. The van der Waals surface area contributed by atoms with Crippen LogP contribution in [-0.4, -0.2) is 37.1 Å². The van der Waals surface area contributed by atoms with Gasteiger partial charge in [0.05, 0.1) is 35.4 Å². The van der Waals surface area contributed by atoms with Crippen LogP contribution in [0.5, 0.6) is 5.75 Å². The van der Waals surface area contributed by atoms with Crippen molar-refractivity contribution in [2.24, 2.45) is 0 Å². The summed E-state index contributed by atoms with van der Waals surface area (Å²) in [7, 11) is 1.65. The van der Waals surface area contributed by atoms with Crippen LogP contribution < -0.4 is 15.0 Å². The van der Waals surface area contributed by atoms with Crippen LogP contribution in [0.3, 0.4) is 0 Å². The van der Waals surface area contributed by atoms with Crippen LogP contribution in [0, 0.1) is 0 Å². The van der Waals surface area contributed by atoms with Crippen molar-refractivity contribution >= 4 is 27.5 Å². The fourth-order valence-electron chi connectivity index (χ4n) is 4.00. The second-order valence-corrected chi connectivity index (χ2v) is 8.80. The van der Waals surface area contributed by atoms with Crippen LogP contribution in [0.4, 0.5) is 0 Å². The number of carbonyl (C=O) groups excluding carboxylic acids is 1. The van der Waals surface area contributed by atoms with E-state index in [2.05, 4.69) is 23.5 Å². The van der Waals surface area contributed by atoms with E-state index in [9.17, 15) is 4.79 Å². The largest absolute Gasteiger partial charge is 0.497 e. The summed E-state index contributed by atoms with van der Waals surface area (Å²) in [5.74, 6) is 1.47. The molecule has 0 unspecified atom stereocenters. The molecular formula is C23H28N3O2S+. The number of quaternary nitrogens is 1. The van der Waals surface area contributed by atoms with E-state index in [1.54, 1.807) is 7.11 Å². The normalized spacial score (nSPS) is 20.3. The Hall–Kier alpha value is -2.44. The number of hydrogen-bond acceptors (Lipinski definition) is 4. The second-order valence-electron chi connectivity index (χ2n) is 7.74. The molecule has 1 aliphatic heterocycles. The number of hydrogen-bond donors (Lipinski definition) is 2. The van der Waals surface area contributed by atoms with Crippen molar-refractivity contribution in [2.45, 2.75) is 38.3 Å². The van der Waals surface area contributed by atoms with Gasteiger partial charge in [0.2, 0.25) is 0 Å². The second kappa shape index (κ2) is 8.93. The van der Waals surface area contributed by atoms with E-state index in [1.165, 1.54) is 14.6 Å². The van der Waals surface area contributed by atoms with Crippen molar-refractivity contribution in [3.8, 4) is 5.75 Å². The van der Waals surface area contributed by atoms with Crippen molar-refractivity contribution < 1.29 is 14.4 Å². The van der Waals surface area contributed by atoms with Crippen molar-refractivity contribution in [1.29, 1.82) is 0 Å². The van der Waals surface area contributed by atoms with E-state index >= 15 is 0 Å². The van der Waals surface area contributed by atoms with Crippen molar-refractivity contribution in [1.82, 2.24) is 10.3 Å². The molecule has 1 fully saturated rings. The van der Waals surface area contributed by atoms with Gasteiger partial charge in [-0.2, -0.15) is 0 Å². The summed E-state index contributed by atoms with van der Waals surface area (Å²) >= 11 is 1.82. The molecule has 1 aromatic heterocycles. The van der Waals surface area contributed by atoms with Crippen molar-refractivity contribution in [3.63, 3.8) is 0 Å². The van der Waals surface area contributed by atoms with E-state index in [-0.39, 0.29) is 11.9 Å². The number of piperidine rings is 1. The van der Waals surface area contributed by atoms with Crippen LogP contribution in [0.25, 0.3) is 10.2 Å². The minimum Gasteiger partial charge on any atom is -0.497 e. The van der Waals surface area contributed by atoms with E-state index in [0.29, 0.717) is 12.5 Å². The number of para-hydroxylation sites is 1. The van der Waals surface area contributed by atoms with Gasteiger partial charge in [-0.3, -0.25) is 4.79 Å². The lowest BCUT2D eigenvalue weighted by Gasteiger charge is -2.31. The van der Waals surface area contributed by atoms with Gasteiger partial charge in [0.25, 0.3) is 5.91 Å². The maximum absolute atomic E-state index is 12.6. The zero-order chi connectivity index (χ0) is 20.2. The molecule has 3 aromatic rings. The predicted octanol–water partition coefficient (Wildman–Crippen LogP) is 2.77. The highest BCUT2D eigenvalue weighted by molar-refractivity contribution is 7.18. The molecule has 0 spiro atoms. The highest BCUT2D eigenvalue weighted by atomic mass is 32.1. The van der Waals surface area contributed by atoms with Crippen LogP contribution in [-0.2, 0) is 11.3 Å². The van der Waals surface area contributed by atoms with Gasteiger partial charge in [-0.15, -0.1) is 11.3 Å². The first kappa shape index (κ1) is 19.9. The molecule has 4 rings (SSSR count). The van der Waals surface area contributed by atoms with Crippen LogP contribution in [0.1, 0.15) is 36.3 Å². The monoisotopic (exact) mass is 410 g/mol. The summed E-state index contributed by atoms with van der Waals surface area (Å²) < 4.78 is 6.44. The van der Waals surface area contributed by atoms with Gasteiger partial charge in [-0.1, -0.05) is 24.3 Å². The molecule has 5 nitrogen and oxygen atoms in total. The number of nitrogens with one attached hydrogen (secondary N) is 2. The lowest BCUT2D eigenvalue weighted by atomic mass is 9.96. The Morgan fingerprint density at radius 2 is 1.93 bits per heavy atom. The van der Waals surface area contributed by atoms with Crippen molar-refractivity contribution in [2.75, 3.05) is 20.2 Å². The number of likely N-dealkylation sites (tertiary alicyclic amines) is 1. The molecule has 1 saturated heterocycles. The zero-order valence-electron chi connectivity index (χ0n) is 17.0. The topological polar surface area (TPSA) is 55.7 Å². The molecule has 1 aliphatic rings. The average Bonchev–Trinajstić information content (AvgIpc) is 3.22. The standard InChI is InChI=1S/C23H27N3O2S/c1-16(22(27)24-15-17-7-9-19(28-2)10-8-17)26-13-11-18(12-14-26)23-25-20-5-3-4-6-21(20)29-23/h3-10,16,18H,11-15H2,1-2H3,(H,24,27)/p+1/t16-/m0/s1. The van der Waals surface area contributed by atoms with Crippen molar-refractivity contribution in [3.05, 3.63) is 59.1 Å². The van der Waals surface area contributed by atoms with Crippen LogP contribution in [0.15, 0.2) is 48.5 Å². The van der Waals surface area contributed by atoms with Gasteiger partial charge in [-0.05, 0) is 36.8 Å². The molecule has 2 N–H and O–H groups in total. The Morgan fingerprint density at radius 1 is 1.21 bits per heavy atom. The first-order valence-corrected chi connectivity index (χ1v) is 11.1. The molecule has 0 radical (unpaired) electrons. The number of methoxy groups -OCH3 is 1. The molecule has 2 aromatic carbocycles. The van der Waals surface area contributed by atoms with E-state index in [0.717, 1.165) is 42.8 Å². The summed E-state index contributed by atoms with van der Waals surface area (Å²) in [5.41, 5.74) is 2.18. The third kappa shape index (κ3) is 4.60. The van der Waals surface area contributed by atoms with E-state index in [1.807, 2.05) is 48.6 Å². The lowest BCUT2D eigenvalue weighted by molar-refractivity contribution is -0.919. The third-order valence-electron chi connectivity index (χ3n) is 5.92. The molecule has 0 saturated carbocycles. The highest BCUT2D eigenvalue weighted by Crippen LogP contribution is 2.31. The minimum atomic E-state index is -0.0374. The first-order valence-electron chi connectivity index (χ1n) is 10.2. The van der Waals surface area contributed by atoms with Gasteiger partial charge >= 0.3 is 0 Å². The molecule has 1 amide bonds. The first-order chi connectivity index (χ1) is 14.1. The number of carbonyl (C=O) groups is 1. The quantitative estimate of drug-likeness (QED) is 0.657. The predicted molar refractivity (Wildman–Crippen MR) is 117 cm³/mol. The van der Waals surface area contributed by atoms with E-state index in [4.69, 9.17) is 9.72 Å². The summed E-state index contributed by atoms with van der Waals surface area (Å²) in [5, 5.41) is 4.33. The molecule has 0 aliphatic carbocycles. The number of fused-ring (bicyclic) bond motifs is 1. The number of amides is 1. The minimum absolute atomic E-state index is 0.0374. The van der Waals surface area contributed by atoms with Gasteiger partial charge in [-0.25, -0.2) is 4.98 Å². The zero-order valence-corrected chi connectivity index (χ0v) is 17.8. The van der Waals surface area contributed by atoms with Crippen LogP contribution >= 0.6 is 11.3 Å². The Balaban J connectivity index is 1.28. The van der Waals surface area contributed by atoms with Gasteiger partial charge in [0.15, 0.2) is 6.04 Å². The summed E-state index contributed by atoms with van der Waals surface area (Å²) in [6.45, 7) is 4.61. The molecule has 152 valence electrons. The number of aromatic nitrogens is 1. The molecule has 29 heavy (non-hydrogen) atoms. The maximum atomic E-state index is 12.6. The van der Waals surface area contributed by atoms with E-state index < -0.39 is 0 Å².